The molecular weight excluding hydrogens is 164 g/mol. The van der Waals surface area contributed by atoms with E-state index in [1.807, 2.05) is 30.3 Å². The van der Waals surface area contributed by atoms with E-state index >= 15 is 0 Å². The third kappa shape index (κ3) is 1.60. The van der Waals surface area contributed by atoms with Crippen molar-refractivity contribution in [2.24, 2.45) is 5.92 Å². The minimum absolute atomic E-state index is 0.0452. The molecule has 0 bridgehead atoms. The maximum Gasteiger partial charge on any atom is 0.0879 e. The van der Waals surface area contributed by atoms with Crippen molar-refractivity contribution >= 4 is 0 Å². The Kier molecular flexibility index (Phi) is 2.34. The Morgan fingerprint density at radius 2 is 2.00 bits per heavy atom. The van der Waals surface area contributed by atoms with Crippen LogP contribution in [0.15, 0.2) is 30.3 Å². The van der Waals surface area contributed by atoms with Gasteiger partial charge in [0.05, 0.1) is 18.8 Å². The fourth-order valence-electron chi connectivity index (χ4n) is 1.64. The zero-order chi connectivity index (χ0) is 9.26. The van der Waals surface area contributed by atoms with E-state index in [1.165, 1.54) is 0 Å². The van der Waals surface area contributed by atoms with Crippen molar-refractivity contribution in [3.05, 3.63) is 42.8 Å². The lowest BCUT2D eigenvalue weighted by Gasteiger charge is -2.15. The first-order valence-electron chi connectivity index (χ1n) is 4.47. The molecule has 2 rings (SSSR count). The predicted molar refractivity (Wildman–Crippen MR) is 50.0 cm³/mol. The number of hydrogen-bond acceptors (Lipinski definition) is 2. The molecule has 13 heavy (non-hydrogen) atoms. The molecule has 0 saturated carbocycles. The van der Waals surface area contributed by atoms with E-state index in [9.17, 15) is 5.11 Å². The highest BCUT2D eigenvalue weighted by molar-refractivity contribution is 5.20. The zero-order valence-corrected chi connectivity index (χ0v) is 7.39. The minimum Gasteiger partial charge on any atom is -0.390 e. The Morgan fingerprint density at radius 3 is 2.54 bits per heavy atom. The van der Waals surface area contributed by atoms with Crippen LogP contribution in [0.2, 0.25) is 0 Å². The van der Waals surface area contributed by atoms with Gasteiger partial charge in [-0.15, -0.1) is 0 Å². The van der Waals surface area contributed by atoms with E-state index in [0.29, 0.717) is 6.61 Å². The summed E-state index contributed by atoms with van der Waals surface area (Å²) in [4.78, 5) is 0. The van der Waals surface area contributed by atoms with Gasteiger partial charge in [0.1, 0.15) is 0 Å². The molecule has 0 unspecified atom stereocenters. The van der Waals surface area contributed by atoms with E-state index in [1.54, 1.807) is 0 Å². The van der Waals surface area contributed by atoms with Gasteiger partial charge in [-0.2, -0.15) is 0 Å². The molecule has 1 fully saturated rings. The number of aliphatic hydroxyl groups is 1. The van der Waals surface area contributed by atoms with E-state index in [2.05, 4.69) is 6.92 Å². The average Bonchev–Trinajstić information content (AvgIpc) is 2.49. The van der Waals surface area contributed by atoms with Crippen LogP contribution in [-0.4, -0.2) is 17.8 Å². The van der Waals surface area contributed by atoms with Gasteiger partial charge in [0.25, 0.3) is 0 Å². The molecule has 1 aliphatic rings. The monoisotopic (exact) mass is 177 g/mol. The molecule has 3 atom stereocenters. The molecule has 1 heterocycles. The maximum atomic E-state index is 9.44. The normalized spacial score (nSPS) is 33.5. The maximum absolute atomic E-state index is 9.44. The van der Waals surface area contributed by atoms with E-state index < -0.39 is 6.10 Å². The second-order valence-corrected chi connectivity index (χ2v) is 3.40. The average molecular weight is 177 g/mol. The van der Waals surface area contributed by atoms with Gasteiger partial charge in [0, 0.05) is 5.92 Å². The summed E-state index contributed by atoms with van der Waals surface area (Å²) < 4.78 is 5.45. The summed E-state index contributed by atoms with van der Waals surface area (Å²) in [5, 5.41) is 9.44. The van der Waals surface area contributed by atoms with Crippen LogP contribution in [0.1, 0.15) is 11.7 Å². The molecule has 0 spiro atoms. The molecule has 2 heteroatoms. The summed E-state index contributed by atoms with van der Waals surface area (Å²) in [6.07, 6.45) is -0.471. The second-order valence-electron chi connectivity index (χ2n) is 3.40. The largest absolute Gasteiger partial charge is 0.390 e. The summed E-state index contributed by atoms with van der Waals surface area (Å²) in [6.45, 7) is 4.30. The lowest BCUT2D eigenvalue weighted by atomic mass is 9.96. The SMILES string of the molecule is [CH2][C@@H]1[C@H](O)CO[C@H]1c1ccccc1. The summed E-state index contributed by atoms with van der Waals surface area (Å²) in [5.74, 6) is -0.0533. The quantitative estimate of drug-likeness (QED) is 0.705. The summed E-state index contributed by atoms with van der Waals surface area (Å²) >= 11 is 0. The Labute approximate surface area is 78.2 Å². The van der Waals surface area contributed by atoms with Gasteiger partial charge in [-0.3, -0.25) is 0 Å². The molecule has 1 saturated heterocycles. The first kappa shape index (κ1) is 8.73. The smallest absolute Gasteiger partial charge is 0.0879 e. The van der Waals surface area contributed by atoms with Crippen LogP contribution in [0.5, 0.6) is 0 Å². The van der Waals surface area contributed by atoms with Crippen molar-refractivity contribution in [1.29, 1.82) is 0 Å². The van der Waals surface area contributed by atoms with E-state index in [-0.39, 0.29) is 12.0 Å². The first-order valence-corrected chi connectivity index (χ1v) is 4.47. The van der Waals surface area contributed by atoms with Crippen molar-refractivity contribution in [1.82, 2.24) is 0 Å². The van der Waals surface area contributed by atoms with Gasteiger partial charge in [-0.05, 0) is 12.5 Å². The summed E-state index contributed by atoms with van der Waals surface area (Å²) in [5.41, 5.74) is 1.10. The van der Waals surface area contributed by atoms with E-state index in [0.717, 1.165) is 5.56 Å². The molecule has 1 radical (unpaired) electrons. The molecule has 1 N–H and O–H groups in total. The molecule has 0 aliphatic carbocycles. The Bertz CT molecular complexity index is 271. The topological polar surface area (TPSA) is 29.5 Å². The van der Waals surface area contributed by atoms with Crippen molar-refractivity contribution in [2.75, 3.05) is 6.61 Å². The molecule has 2 nitrogen and oxygen atoms in total. The van der Waals surface area contributed by atoms with Crippen molar-refractivity contribution < 1.29 is 9.84 Å². The molecule has 69 valence electrons. The van der Waals surface area contributed by atoms with Crippen LogP contribution >= 0.6 is 0 Å². The zero-order valence-electron chi connectivity index (χ0n) is 7.39. The number of ether oxygens (including phenoxy) is 1. The van der Waals surface area contributed by atoms with Gasteiger partial charge in [0.2, 0.25) is 0 Å². The van der Waals surface area contributed by atoms with Crippen molar-refractivity contribution in [2.45, 2.75) is 12.2 Å². The summed E-state index contributed by atoms with van der Waals surface area (Å²) in [6, 6.07) is 9.90. The molecular formula is C11H13O2. The highest BCUT2D eigenvalue weighted by atomic mass is 16.5. The molecule has 0 amide bonds. The van der Waals surface area contributed by atoms with Crippen molar-refractivity contribution in [3.63, 3.8) is 0 Å². The number of rotatable bonds is 1. The molecule has 1 aromatic rings. The second kappa shape index (κ2) is 3.48. The Hall–Kier alpha value is -0.860. The highest BCUT2D eigenvalue weighted by Crippen LogP contribution is 2.33. The standard InChI is InChI=1S/C11H13O2/c1-8-10(12)7-13-11(8)9-5-3-2-4-6-9/h2-6,8,10-12H,1,7H2/t8-,10-,11-/m1/s1. The van der Waals surface area contributed by atoms with Crippen LogP contribution in [-0.2, 0) is 4.74 Å². The first-order chi connectivity index (χ1) is 6.29. The third-order valence-electron chi connectivity index (χ3n) is 2.46. The fraction of sp³-hybridized carbons (Fsp3) is 0.364. The Morgan fingerprint density at radius 1 is 1.31 bits per heavy atom. The molecule has 1 aliphatic heterocycles. The van der Waals surface area contributed by atoms with Gasteiger partial charge in [0.15, 0.2) is 0 Å². The van der Waals surface area contributed by atoms with Crippen LogP contribution in [0.3, 0.4) is 0 Å². The molecule has 0 aromatic heterocycles. The number of hydrogen-bond donors (Lipinski definition) is 1. The van der Waals surface area contributed by atoms with Gasteiger partial charge < -0.3 is 9.84 Å². The Balaban J connectivity index is 2.19. The lowest BCUT2D eigenvalue weighted by molar-refractivity contribution is 0.0875. The lowest BCUT2D eigenvalue weighted by Crippen LogP contribution is -2.16. The van der Waals surface area contributed by atoms with Crippen LogP contribution < -0.4 is 0 Å². The number of aliphatic hydroxyl groups excluding tert-OH is 1. The summed E-state index contributed by atoms with van der Waals surface area (Å²) in [7, 11) is 0. The van der Waals surface area contributed by atoms with Gasteiger partial charge in [-0.25, -0.2) is 0 Å². The molecule has 1 aromatic carbocycles. The van der Waals surface area contributed by atoms with Crippen molar-refractivity contribution in [3.8, 4) is 0 Å². The fourth-order valence-corrected chi connectivity index (χ4v) is 1.64. The van der Waals surface area contributed by atoms with Gasteiger partial charge in [-0.1, -0.05) is 30.3 Å². The number of benzene rings is 1. The minimum atomic E-state index is -0.426. The van der Waals surface area contributed by atoms with Crippen LogP contribution in [0, 0.1) is 12.8 Å². The van der Waals surface area contributed by atoms with Crippen LogP contribution in [0.4, 0.5) is 0 Å². The van der Waals surface area contributed by atoms with Crippen LogP contribution in [0.25, 0.3) is 0 Å². The van der Waals surface area contributed by atoms with E-state index in [4.69, 9.17) is 4.74 Å². The predicted octanol–water partition coefficient (Wildman–Crippen LogP) is 1.57. The van der Waals surface area contributed by atoms with Gasteiger partial charge >= 0.3 is 0 Å². The highest BCUT2D eigenvalue weighted by Gasteiger charge is 2.33. The third-order valence-corrected chi connectivity index (χ3v) is 2.46.